The predicted molar refractivity (Wildman–Crippen MR) is 70.4 cm³/mol. The van der Waals surface area contributed by atoms with Crippen LogP contribution in [0.25, 0.3) is 0 Å². The summed E-state index contributed by atoms with van der Waals surface area (Å²) in [7, 11) is 0. The molecule has 0 saturated heterocycles. The Labute approximate surface area is 107 Å². The standard InChI is InChI=1S/C13H21N3O2/c1-3-14-13(16-10-7-9(10)2)15-8-11(17)12-5-4-6-18-12/h4-6,9-11,17H,3,7-8H2,1-2H3,(H2,14,15,16). The van der Waals surface area contributed by atoms with Crippen LogP contribution >= 0.6 is 0 Å². The van der Waals surface area contributed by atoms with Gasteiger partial charge in [-0.3, -0.25) is 4.99 Å². The molecule has 1 fully saturated rings. The summed E-state index contributed by atoms with van der Waals surface area (Å²) in [4.78, 5) is 4.37. The maximum atomic E-state index is 9.87. The maximum Gasteiger partial charge on any atom is 0.191 e. The van der Waals surface area contributed by atoms with Gasteiger partial charge in [-0.25, -0.2) is 0 Å². The largest absolute Gasteiger partial charge is 0.467 e. The molecule has 0 aliphatic heterocycles. The van der Waals surface area contributed by atoms with Crippen molar-refractivity contribution in [3.8, 4) is 0 Å². The van der Waals surface area contributed by atoms with Crippen LogP contribution in [0.2, 0.25) is 0 Å². The molecule has 0 spiro atoms. The fraction of sp³-hybridized carbons (Fsp3) is 0.615. The van der Waals surface area contributed by atoms with E-state index in [1.54, 1.807) is 18.4 Å². The first-order valence-corrected chi connectivity index (χ1v) is 6.47. The highest BCUT2D eigenvalue weighted by atomic mass is 16.4. The van der Waals surface area contributed by atoms with Crippen molar-refractivity contribution in [2.75, 3.05) is 13.1 Å². The highest BCUT2D eigenvalue weighted by Crippen LogP contribution is 2.28. The van der Waals surface area contributed by atoms with Crippen LogP contribution in [-0.4, -0.2) is 30.2 Å². The number of aliphatic hydroxyl groups excluding tert-OH is 1. The van der Waals surface area contributed by atoms with E-state index in [2.05, 4.69) is 22.5 Å². The Kier molecular flexibility index (Phi) is 4.25. The van der Waals surface area contributed by atoms with Crippen molar-refractivity contribution >= 4 is 5.96 Å². The molecule has 3 N–H and O–H groups in total. The highest BCUT2D eigenvalue weighted by molar-refractivity contribution is 5.80. The predicted octanol–water partition coefficient (Wildman–Crippen LogP) is 1.28. The Morgan fingerprint density at radius 2 is 2.44 bits per heavy atom. The summed E-state index contributed by atoms with van der Waals surface area (Å²) < 4.78 is 5.14. The van der Waals surface area contributed by atoms with Crippen molar-refractivity contribution in [2.45, 2.75) is 32.4 Å². The molecule has 0 bridgehead atoms. The molecule has 3 unspecified atom stereocenters. The molecular formula is C13H21N3O2. The van der Waals surface area contributed by atoms with Crippen molar-refractivity contribution in [3.05, 3.63) is 24.2 Å². The molecule has 0 aromatic carbocycles. The van der Waals surface area contributed by atoms with Gasteiger partial charge in [-0.05, 0) is 31.4 Å². The van der Waals surface area contributed by atoms with Crippen LogP contribution in [-0.2, 0) is 0 Å². The van der Waals surface area contributed by atoms with E-state index < -0.39 is 6.10 Å². The highest BCUT2D eigenvalue weighted by Gasteiger charge is 2.33. The van der Waals surface area contributed by atoms with Gasteiger partial charge in [0.15, 0.2) is 5.96 Å². The Morgan fingerprint density at radius 3 is 3.00 bits per heavy atom. The normalized spacial score (nSPS) is 24.7. The molecule has 2 rings (SSSR count). The molecule has 3 atom stereocenters. The van der Waals surface area contributed by atoms with E-state index in [1.165, 1.54) is 6.42 Å². The van der Waals surface area contributed by atoms with Crippen molar-refractivity contribution in [2.24, 2.45) is 10.9 Å². The van der Waals surface area contributed by atoms with Gasteiger partial charge < -0.3 is 20.2 Å². The number of nitrogens with one attached hydrogen (secondary N) is 2. The minimum absolute atomic E-state index is 0.296. The molecular weight excluding hydrogens is 230 g/mol. The van der Waals surface area contributed by atoms with Crippen LogP contribution in [0.4, 0.5) is 0 Å². The summed E-state index contributed by atoms with van der Waals surface area (Å²) in [6, 6.07) is 4.03. The SMILES string of the molecule is CCNC(=NCC(O)c1ccco1)NC1CC1C. The monoisotopic (exact) mass is 251 g/mol. The zero-order valence-electron chi connectivity index (χ0n) is 10.9. The van der Waals surface area contributed by atoms with E-state index in [1.807, 2.05) is 6.92 Å². The van der Waals surface area contributed by atoms with Crippen molar-refractivity contribution < 1.29 is 9.52 Å². The Morgan fingerprint density at radius 1 is 1.67 bits per heavy atom. The van der Waals surface area contributed by atoms with E-state index in [0.29, 0.717) is 24.3 Å². The topological polar surface area (TPSA) is 69.8 Å². The fourth-order valence-corrected chi connectivity index (χ4v) is 1.77. The Balaban J connectivity index is 1.87. The molecule has 1 heterocycles. The minimum atomic E-state index is -0.688. The average Bonchev–Trinajstić information content (AvgIpc) is 2.86. The van der Waals surface area contributed by atoms with Crippen LogP contribution in [0.3, 0.4) is 0 Å². The molecule has 100 valence electrons. The summed E-state index contributed by atoms with van der Waals surface area (Å²) in [6.45, 7) is 5.34. The molecule has 0 radical (unpaired) electrons. The summed E-state index contributed by atoms with van der Waals surface area (Å²) in [5.74, 6) is 2.02. The number of guanidine groups is 1. The number of furan rings is 1. The molecule has 5 heteroatoms. The zero-order valence-corrected chi connectivity index (χ0v) is 10.9. The lowest BCUT2D eigenvalue weighted by atomic mass is 10.3. The van der Waals surface area contributed by atoms with Gasteiger partial charge in [0, 0.05) is 12.6 Å². The number of hydrogen-bond acceptors (Lipinski definition) is 3. The lowest BCUT2D eigenvalue weighted by molar-refractivity contribution is 0.158. The van der Waals surface area contributed by atoms with Crippen molar-refractivity contribution in [3.63, 3.8) is 0 Å². The van der Waals surface area contributed by atoms with Gasteiger partial charge in [0.05, 0.1) is 12.8 Å². The Bertz CT molecular complexity index is 389. The summed E-state index contributed by atoms with van der Waals surface area (Å²) in [5.41, 5.74) is 0. The third-order valence-corrected chi connectivity index (χ3v) is 3.07. The zero-order chi connectivity index (χ0) is 13.0. The van der Waals surface area contributed by atoms with Gasteiger partial charge in [0.1, 0.15) is 11.9 Å². The third kappa shape index (κ3) is 3.50. The third-order valence-electron chi connectivity index (χ3n) is 3.07. The van der Waals surface area contributed by atoms with Crippen LogP contribution < -0.4 is 10.6 Å². The van der Waals surface area contributed by atoms with Crippen LogP contribution in [0.15, 0.2) is 27.8 Å². The van der Waals surface area contributed by atoms with E-state index >= 15 is 0 Å². The number of hydrogen-bond donors (Lipinski definition) is 3. The van der Waals surface area contributed by atoms with Crippen molar-refractivity contribution in [1.29, 1.82) is 0 Å². The first kappa shape index (κ1) is 13.0. The van der Waals surface area contributed by atoms with Gasteiger partial charge in [0.2, 0.25) is 0 Å². The average molecular weight is 251 g/mol. The second-order valence-electron chi connectivity index (χ2n) is 4.71. The molecule has 1 saturated carbocycles. The first-order chi connectivity index (χ1) is 8.70. The summed E-state index contributed by atoms with van der Waals surface area (Å²) >= 11 is 0. The smallest absolute Gasteiger partial charge is 0.191 e. The quantitative estimate of drug-likeness (QED) is 0.544. The van der Waals surface area contributed by atoms with Gasteiger partial charge in [-0.15, -0.1) is 0 Å². The summed E-state index contributed by atoms with van der Waals surface area (Å²) in [5, 5.41) is 16.4. The second-order valence-corrected chi connectivity index (χ2v) is 4.71. The van der Waals surface area contributed by atoms with Crippen LogP contribution in [0.5, 0.6) is 0 Å². The second kappa shape index (κ2) is 5.91. The molecule has 1 aliphatic carbocycles. The molecule has 0 amide bonds. The molecule has 1 aromatic rings. The molecule has 18 heavy (non-hydrogen) atoms. The molecule has 1 aliphatic rings. The van der Waals surface area contributed by atoms with Gasteiger partial charge >= 0.3 is 0 Å². The first-order valence-electron chi connectivity index (χ1n) is 6.47. The van der Waals surface area contributed by atoms with E-state index in [9.17, 15) is 5.11 Å². The molecule has 5 nitrogen and oxygen atoms in total. The van der Waals surface area contributed by atoms with Crippen LogP contribution in [0, 0.1) is 5.92 Å². The lowest BCUT2D eigenvalue weighted by Gasteiger charge is -2.11. The minimum Gasteiger partial charge on any atom is -0.467 e. The maximum absolute atomic E-state index is 9.87. The van der Waals surface area contributed by atoms with E-state index in [4.69, 9.17) is 4.42 Å². The van der Waals surface area contributed by atoms with Gasteiger partial charge in [-0.1, -0.05) is 6.92 Å². The van der Waals surface area contributed by atoms with Gasteiger partial charge in [0.25, 0.3) is 0 Å². The van der Waals surface area contributed by atoms with Gasteiger partial charge in [-0.2, -0.15) is 0 Å². The van der Waals surface area contributed by atoms with Crippen LogP contribution in [0.1, 0.15) is 32.1 Å². The summed E-state index contributed by atoms with van der Waals surface area (Å²) in [6.07, 6.45) is 2.05. The number of aliphatic imine (C=N–C) groups is 1. The number of rotatable bonds is 5. The van der Waals surface area contributed by atoms with E-state index in [0.717, 1.165) is 12.5 Å². The Hall–Kier alpha value is -1.49. The number of nitrogens with zero attached hydrogens (tertiary/aromatic N) is 1. The number of aliphatic hydroxyl groups is 1. The molecule has 1 aromatic heterocycles. The fourth-order valence-electron chi connectivity index (χ4n) is 1.77. The van der Waals surface area contributed by atoms with E-state index in [-0.39, 0.29) is 0 Å². The lowest BCUT2D eigenvalue weighted by Crippen LogP contribution is -2.39. The van der Waals surface area contributed by atoms with Crippen molar-refractivity contribution in [1.82, 2.24) is 10.6 Å².